The zero-order chi connectivity index (χ0) is 16.4. The lowest BCUT2D eigenvalue weighted by Crippen LogP contribution is -2.13. The fraction of sp³-hybridized carbons (Fsp3) is 0. The molecule has 0 spiro atoms. The molecular formula is C14H10N2O4S3. The van der Waals surface area contributed by atoms with Crippen molar-refractivity contribution in [2.75, 3.05) is 4.72 Å². The summed E-state index contributed by atoms with van der Waals surface area (Å²) < 4.78 is 27.2. The number of sulfonamides is 1. The van der Waals surface area contributed by atoms with Crippen LogP contribution >= 0.6 is 22.7 Å². The normalized spacial score (nSPS) is 11.3. The predicted molar refractivity (Wildman–Crippen MR) is 89.6 cm³/mol. The highest BCUT2D eigenvalue weighted by Gasteiger charge is 2.21. The van der Waals surface area contributed by atoms with Gasteiger partial charge < -0.3 is 5.11 Å². The Bertz CT molecular complexity index is 945. The highest BCUT2D eigenvalue weighted by molar-refractivity contribution is 7.94. The van der Waals surface area contributed by atoms with Crippen molar-refractivity contribution in [2.45, 2.75) is 4.21 Å². The minimum Gasteiger partial charge on any atom is -0.477 e. The number of nitrogens with one attached hydrogen (secondary N) is 1. The molecule has 0 aromatic carbocycles. The first-order valence-corrected chi connectivity index (χ1v) is 9.50. The lowest BCUT2D eigenvalue weighted by atomic mass is 10.3. The molecule has 3 heterocycles. The summed E-state index contributed by atoms with van der Waals surface area (Å²) in [6, 6.07) is 9.96. The molecule has 0 saturated heterocycles. The first kappa shape index (κ1) is 15.7. The number of carboxylic acids is 1. The number of aromatic nitrogens is 1. The van der Waals surface area contributed by atoms with Crippen molar-refractivity contribution in [3.05, 3.63) is 52.9 Å². The van der Waals surface area contributed by atoms with E-state index in [2.05, 4.69) is 9.71 Å². The minimum atomic E-state index is -3.84. The average Bonchev–Trinajstić information content (AvgIpc) is 3.16. The summed E-state index contributed by atoms with van der Waals surface area (Å²) in [6.07, 6.45) is 1.63. The maximum Gasteiger partial charge on any atom is 0.348 e. The first-order chi connectivity index (χ1) is 11.0. The zero-order valence-electron chi connectivity index (χ0n) is 11.5. The zero-order valence-corrected chi connectivity index (χ0v) is 13.9. The Morgan fingerprint density at radius 2 is 2.00 bits per heavy atom. The van der Waals surface area contributed by atoms with Gasteiger partial charge in [0.25, 0.3) is 10.0 Å². The SMILES string of the molecule is O=C(O)c1sccc1NS(=O)(=O)c1ccc(-c2ccccn2)s1. The average molecular weight is 366 g/mol. The van der Waals surface area contributed by atoms with Crippen LogP contribution in [0.2, 0.25) is 0 Å². The minimum absolute atomic E-state index is 0.0462. The van der Waals surface area contributed by atoms with Gasteiger partial charge in [0.1, 0.15) is 9.09 Å². The van der Waals surface area contributed by atoms with Crippen LogP contribution in [0, 0.1) is 0 Å². The van der Waals surface area contributed by atoms with Crippen LogP contribution in [0.3, 0.4) is 0 Å². The number of hydrogen-bond acceptors (Lipinski definition) is 6. The summed E-state index contributed by atoms with van der Waals surface area (Å²) in [5.41, 5.74) is 0.746. The van der Waals surface area contributed by atoms with Crippen LogP contribution < -0.4 is 4.72 Å². The van der Waals surface area contributed by atoms with Gasteiger partial charge in [-0.3, -0.25) is 9.71 Å². The number of rotatable bonds is 5. The maximum atomic E-state index is 12.4. The number of anilines is 1. The molecule has 0 atom stereocenters. The lowest BCUT2D eigenvalue weighted by Gasteiger charge is -2.05. The van der Waals surface area contributed by atoms with Crippen LogP contribution in [-0.2, 0) is 10.0 Å². The summed E-state index contributed by atoms with van der Waals surface area (Å²) in [5.74, 6) is -1.17. The maximum absolute atomic E-state index is 12.4. The standard InChI is InChI=1S/C14H10N2O4S3/c17-14(18)13-10(6-8-21-13)16-23(19,20)12-5-4-11(22-12)9-3-1-2-7-15-9/h1-8,16H,(H,17,18). The smallest absolute Gasteiger partial charge is 0.348 e. The molecule has 0 amide bonds. The van der Waals surface area contributed by atoms with Crippen molar-refractivity contribution in [2.24, 2.45) is 0 Å². The predicted octanol–water partition coefficient (Wildman–Crippen LogP) is 3.37. The second kappa shape index (κ2) is 6.11. The van der Waals surface area contributed by atoms with Crippen LogP contribution in [0.1, 0.15) is 9.67 Å². The first-order valence-electron chi connectivity index (χ1n) is 6.32. The van der Waals surface area contributed by atoms with Gasteiger partial charge in [-0.15, -0.1) is 22.7 Å². The summed E-state index contributed by atoms with van der Waals surface area (Å²) in [6.45, 7) is 0. The van der Waals surface area contributed by atoms with E-state index in [1.165, 1.54) is 17.5 Å². The van der Waals surface area contributed by atoms with E-state index in [0.29, 0.717) is 5.69 Å². The summed E-state index contributed by atoms with van der Waals surface area (Å²) in [4.78, 5) is 15.9. The van der Waals surface area contributed by atoms with Gasteiger partial charge in [-0.05, 0) is 35.7 Å². The van der Waals surface area contributed by atoms with E-state index in [4.69, 9.17) is 5.11 Å². The van der Waals surface area contributed by atoms with Crippen LogP contribution in [0.25, 0.3) is 10.6 Å². The fourth-order valence-corrected chi connectivity index (χ4v) is 4.97. The molecule has 0 bridgehead atoms. The number of nitrogens with zero attached hydrogens (tertiary/aromatic N) is 1. The Morgan fingerprint density at radius 1 is 1.17 bits per heavy atom. The van der Waals surface area contributed by atoms with Crippen LogP contribution in [-0.4, -0.2) is 24.5 Å². The summed E-state index contributed by atoms with van der Waals surface area (Å²) in [7, 11) is -3.84. The second-order valence-corrected chi connectivity index (χ2v) is 8.32. The Balaban J connectivity index is 1.90. The molecular weight excluding hydrogens is 356 g/mol. The molecule has 0 fully saturated rings. The van der Waals surface area contributed by atoms with Crippen LogP contribution in [0.4, 0.5) is 5.69 Å². The molecule has 0 aliphatic heterocycles. The Hall–Kier alpha value is -2.23. The molecule has 23 heavy (non-hydrogen) atoms. The van der Waals surface area contributed by atoms with Crippen molar-refractivity contribution < 1.29 is 18.3 Å². The third-order valence-corrected chi connectivity index (χ3v) is 6.73. The van der Waals surface area contributed by atoms with Crippen molar-refractivity contribution in [3.8, 4) is 10.6 Å². The van der Waals surface area contributed by atoms with Gasteiger partial charge in [-0.25, -0.2) is 13.2 Å². The van der Waals surface area contributed by atoms with Crippen LogP contribution in [0.5, 0.6) is 0 Å². The van der Waals surface area contributed by atoms with E-state index in [1.54, 1.807) is 24.4 Å². The summed E-state index contributed by atoms with van der Waals surface area (Å²) >= 11 is 2.03. The molecule has 0 unspecified atom stereocenters. The molecule has 3 aromatic rings. The molecule has 0 aliphatic rings. The lowest BCUT2D eigenvalue weighted by molar-refractivity contribution is 0.0703. The van der Waals surface area contributed by atoms with E-state index in [0.717, 1.165) is 27.6 Å². The number of carbonyl (C=O) groups is 1. The highest BCUT2D eigenvalue weighted by atomic mass is 32.2. The van der Waals surface area contributed by atoms with Gasteiger partial charge in [-0.1, -0.05) is 6.07 Å². The molecule has 0 radical (unpaired) electrons. The fourth-order valence-electron chi connectivity index (χ4n) is 1.86. The van der Waals surface area contributed by atoms with E-state index in [1.807, 2.05) is 6.07 Å². The molecule has 3 aromatic heterocycles. The Kier molecular flexibility index (Phi) is 4.16. The van der Waals surface area contributed by atoms with Gasteiger partial charge >= 0.3 is 5.97 Å². The molecule has 3 rings (SSSR count). The second-order valence-electron chi connectivity index (χ2n) is 4.41. The number of thiophene rings is 2. The third kappa shape index (κ3) is 3.26. The van der Waals surface area contributed by atoms with Gasteiger partial charge in [0.2, 0.25) is 0 Å². The number of hydrogen-bond donors (Lipinski definition) is 2. The third-order valence-electron chi connectivity index (χ3n) is 2.87. The molecule has 9 heteroatoms. The van der Waals surface area contributed by atoms with Crippen molar-refractivity contribution in [1.29, 1.82) is 0 Å². The van der Waals surface area contributed by atoms with E-state index in [9.17, 15) is 13.2 Å². The largest absolute Gasteiger partial charge is 0.477 e. The number of aromatic carboxylic acids is 1. The number of carboxylic acid groups (broad SMARTS) is 1. The van der Waals surface area contributed by atoms with Gasteiger partial charge in [0.05, 0.1) is 16.3 Å². The molecule has 6 nitrogen and oxygen atoms in total. The van der Waals surface area contributed by atoms with Crippen molar-refractivity contribution >= 4 is 44.4 Å². The quantitative estimate of drug-likeness (QED) is 0.722. The monoisotopic (exact) mass is 366 g/mol. The van der Waals surface area contributed by atoms with Crippen molar-refractivity contribution in [1.82, 2.24) is 4.98 Å². The number of pyridine rings is 1. The van der Waals surface area contributed by atoms with Crippen molar-refractivity contribution in [3.63, 3.8) is 0 Å². The van der Waals surface area contributed by atoms with E-state index < -0.39 is 16.0 Å². The molecule has 118 valence electrons. The molecule has 0 saturated carbocycles. The topological polar surface area (TPSA) is 96.4 Å². The van der Waals surface area contributed by atoms with Gasteiger partial charge in [0, 0.05) is 6.20 Å². The van der Waals surface area contributed by atoms with Gasteiger partial charge in [0.15, 0.2) is 0 Å². The molecule has 2 N–H and O–H groups in total. The van der Waals surface area contributed by atoms with Crippen LogP contribution in [0.15, 0.2) is 52.2 Å². The Morgan fingerprint density at radius 3 is 2.70 bits per heavy atom. The van der Waals surface area contributed by atoms with E-state index >= 15 is 0 Å². The Labute approximate surface area is 140 Å². The summed E-state index contributed by atoms with van der Waals surface area (Å²) in [5, 5.41) is 10.6. The van der Waals surface area contributed by atoms with Gasteiger partial charge in [-0.2, -0.15) is 0 Å². The van der Waals surface area contributed by atoms with E-state index in [-0.39, 0.29) is 14.8 Å². The highest BCUT2D eigenvalue weighted by Crippen LogP contribution is 2.31. The molecule has 0 aliphatic carbocycles.